The largest absolute Gasteiger partial charge is 0.461 e. The number of carbonyl (C=O) groups excluding carboxylic acids is 1. The van der Waals surface area contributed by atoms with Crippen molar-refractivity contribution >= 4 is 46.1 Å². The fraction of sp³-hybridized carbons (Fsp3) is 0.357. The number of fused-ring (bicyclic) bond motifs is 2. The summed E-state index contributed by atoms with van der Waals surface area (Å²) >= 11 is 11.1. The van der Waals surface area contributed by atoms with Gasteiger partial charge in [-0.25, -0.2) is 0 Å². The molecule has 20 heavy (non-hydrogen) atoms. The number of benzene rings is 1. The third-order valence-corrected chi connectivity index (χ3v) is 4.40. The lowest BCUT2D eigenvalue weighted by Gasteiger charge is -2.23. The van der Waals surface area contributed by atoms with Crippen LogP contribution in [0.1, 0.15) is 18.9 Å². The van der Waals surface area contributed by atoms with Crippen LogP contribution in [0.5, 0.6) is 0 Å². The number of thiocarbonyl (C=S) groups is 2. The predicted octanol–water partition coefficient (Wildman–Crippen LogP) is 2.12. The lowest BCUT2D eigenvalue weighted by molar-refractivity contribution is -0.145. The normalized spacial score (nSPS) is 24.6. The maximum absolute atomic E-state index is 11.1. The molecule has 1 saturated heterocycles. The highest BCUT2D eigenvalue weighted by molar-refractivity contribution is 7.81. The smallest absolute Gasteiger partial charge is 0.302 e. The Morgan fingerprint density at radius 1 is 1.40 bits per heavy atom. The monoisotopic (exact) mass is 306 g/mol. The van der Waals surface area contributed by atoms with Crippen molar-refractivity contribution in [3.05, 3.63) is 29.8 Å². The van der Waals surface area contributed by atoms with Crippen LogP contribution in [0.3, 0.4) is 0 Å². The zero-order chi connectivity index (χ0) is 14.3. The lowest BCUT2D eigenvalue weighted by atomic mass is 10.1. The number of esters is 1. The van der Waals surface area contributed by atoms with Gasteiger partial charge in [-0.2, -0.15) is 0 Å². The first-order chi connectivity index (χ1) is 9.56. The summed E-state index contributed by atoms with van der Waals surface area (Å²) < 4.78 is 5.30. The first-order valence-electron chi connectivity index (χ1n) is 6.44. The van der Waals surface area contributed by atoms with Crippen molar-refractivity contribution in [1.29, 1.82) is 0 Å². The van der Waals surface area contributed by atoms with Crippen molar-refractivity contribution in [3.8, 4) is 0 Å². The molecule has 0 spiro atoms. The molecule has 4 nitrogen and oxygen atoms in total. The zero-order valence-electron chi connectivity index (χ0n) is 11.0. The summed E-state index contributed by atoms with van der Waals surface area (Å²) in [4.78, 5) is 14.7. The molecule has 1 fully saturated rings. The van der Waals surface area contributed by atoms with E-state index in [2.05, 4.69) is 10.2 Å². The Labute approximate surface area is 128 Å². The molecular formula is C14H14N2O2S2. The molecule has 0 radical (unpaired) electrons. The van der Waals surface area contributed by atoms with Crippen molar-refractivity contribution in [2.45, 2.75) is 25.5 Å². The molecule has 1 N–H and O–H groups in total. The van der Waals surface area contributed by atoms with Gasteiger partial charge in [-0.3, -0.25) is 4.79 Å². The summed E-state index contributed by atoms with van der Waals surface area (Å²) in [5, 5.41) is 3.26. The van der Waals surface area contributed by atoms with Crippen LogP contribution in [-0.4, -0.2) is 39.5 Å². The number of anilines is 1. The molecule has 0 aliphatic carbocycles. The fourth-order valence-corrected chi connectivity index (χ4v) is 3.45. The average molecular weight is 306 g/mol. The lowest BCUT2D eigenvalue weighted by Crippen LogP contribution is -2.39. The van der Waals surface area contributed by atoms with Crippen LogP contribution in [-0.2, 0) is 9.53 Å². The van der Waals surface area contributed by atoms with Gasteiger partial charge in [0.2, 0.25) is 0 Å². The van der Waals surface area contributed by atoms with Gasteiger partial charge in [-0.15, -0.1) is 0 Å². The van der Waals surface area contributed by atoms with Crippen molar-refractivity contribution in [1.82, 2.24) is 4.90 Å². The van der Waals surface area contributed by atoms with E-state index in [0.29, 0.717) is 13.0 Å². The zero-order valence-corrected chi connectivity index (χ0v) is 12.6. The molecule has 1 aromatic rings. The number of rotatable bonds is 1. The molecule has 2 aliphatic rings. The Kier molecular flexibility index (Phi) is 3.43. The Bertz CT molecular complexity index is 603. The summed E-state index contributed by atoms with van der Waals surface area (Å²) in [6.07, 6.45) is 0.528. The van der Waals surface area contributed by atoms with Gasteiger partial charge in [0.05, 0.1) is 12.6 Å². The maximum Gasteiger partial charge on any atom is 0.302 e. The van der Waals surface area contributed by atoms with Gasteiger partial charge in [-0.05, 0) is 12.1 Å². The highest BCUT2D eigenvalue weighted by Crippen LogP contribution is 2.30. The Morgan fingerprint density at radius 3 is 2.90 bits per heavy atom. The molecule has 0 unspecified atom stereocenters. The van der Waals surface area contributed by atoms with Crippen molar-refractivity contribution in [2.75, 3.05) is 11.9 Å². The van der Waals surface area contributed by atoms with Gasteiger partial charge in [-0.1, -0.05) is 36.6 Å². The van der Waals surface area contributed by atoms with Crippen molar-refractivity contribution in [2.24, 2.45) is 0 Å². The molecule has 0 saturated carbocycles. The third kappa shape index (κ3) is 2.29. The average Bonchev–Trinajstić information content (AvgIpc) is 2.78. The number of nitrogens with zero attached hydrogens (tertiary/aromatic N) is 1. The Hall–Kier alpha value is -1.53. The molecule has 6 heteroatoms. The molecule has 2 atom stereocenters. The number of para-hydroxylation sites is 1. The van der Waals surface area contributed by atoms with Crippen LogP contribution in [0.2, 0.25) is 0 Å². The van der Waals surface area contributed by atoms with Gasteiger partial charge in [0.25, 0.3) is 0 Å². The maximum atomic E-state index is 11.1. The van der Waals surface area contributed by atoms with E-state index in [1.165, 1.54) is 6.92 Å². The molecule has 104 valence electrons. The summed E-state index contributed by atoms with van der Waals surface area (Å²) in [5.74, 6) is -0.266. The Balaban J connectivity index is 1.92. The molecule has 2 heterocycles. The van der Waals surface area contributed by atoms with E-state index in [1.807, 2.05) is 24.3 Å². The van der Waals surface area contributed by atoms with E-state index in [4.69, 9.17) is 29.2 Å². The predicted molar refractivity (Wildman–Crippen MR) is 85.0 cm³/mol. The van der Waals surface area contributed by atoms with E-state index in [-0.39, 0.29) is 18.1 Å². The van der Waals surface area contributed by atoms with E-state index in [9.17, 15) is 4.79 Å². The van der Waals surface area contributed by atoms with Crippen LogP contribution in [0.4, 0.5) is 5.69 Å². The second kappa shape index (κ2) is 5.10. The van der Waals surface area contributed by atoms with E-state index in [1.54, 1.807) is 0 Å². The number of nitrogens with one attached hydrogen (secondary N) is 1. The minimum atomic E-state index is -0.266. The molecule has 0 bridgehead atoms. The molecule has 2 aliphatic heterocycles. The van der Waals surface area contributed by atoms with Crippen molar-refractivity contribution in [3.63, 3.8) is 0 Å². The summed E-state index contributed by atoms with van der Waals surface area (Å²) in [6.45, 7) is 2.02. The first-order valence-corrected chi connectivity index (χ1v) is 7.26. The molecule has 0 aromatic heterocycles. The number of hydrogen-bond acceptors (Lipinski definition) is 4. The van der Waals surface area contributed by atoms with Gasteiger partial charge < -0.3 is 15.0 Å². The van der Waals surface area contributed by atoms with E-state index in [0.717, 1.165) is 21.2 Å². The third-order valence-electron chi connectivity index (χ3n) is 3.57. The number of carbonyl (C=O) groups is 1. The highest BCUT2D eigenvalue weighted by Gasteiger charge is 2.40. The summed E-state index contributed by atoms with van der Waals surface area (Å²) in [7, 11) is 0. The van der Waals surface area contributed by atoms with E-state index < -0.39 is 0 Å². The van der Waals surface area contributed by atoms with Gasteiger partial charge in [0, 0.05) is 24.6 Å². The molecule has 0 amide bonds. The van der Waals surface area contributed by atoms with Crippen LogP contribution < -0.4 is 5.32 Å². The van der Waals surface area contributed by atoms with Crippen LogP contribution in [0.15, 0.2) is 24.3 Å². The quantitative estimate of drug-likeness (QED) is 0.633. The van der Waals surface area contributed by atoms with Gasteiger partial charge in [0.15, 0.2) is 0 Å². The summed E-state index contributed by atoms with van der Waals surface area (Å²) in [5.41, 5.74) is 1.91. The number of ether oxygens (including phenoxy) is 1. The van der Waals surface area contributed by atoms with Crippen molar-refractivity contribution < 1.29 is 9.53 Å². The molecule has 1 aromatic carbocycles. The fourth-order valence-electron chi connectivity index (χ4n) is 2.74. The van der Waals surface area contributed by atoms with Crippen LogP contribution >= 0.6 is 24.4 Å². The minimum absolute atomic E-state index is 0.00532. The highest BCUT2D eigenvalue weighted by atomic mass is 32.1. The first kappa shape index (κ1) is 13.5. The van der Waals surface area contributed by atoms with Crippen LogP contribution in [0.25, 0.3) is 0 Å². The van der Waals surface area contributed by atoms with E-state index >= 15 is 0 Å². The molecule has 3 rings (SSSR count). The SMILES string of the molecule is CC(=O)O[C@@H]1C[C@H]2C(=S)Nc3ccccc3C(=S)N2C1. The Morgan fingerprint density at radius 2 is 2.15 bits per heavy atom. The molecular weight excluding hydrogens is 292 g/mol. The second-order valence-corrected chi connectivity index (χ2v) is 5.80. The summed E-state index contributed by atoms with van der Waals surface area (Å²) in [6, 6.07) is 7.86. The van der Waals surface area contributed by atoms with Gasteiger partial charge >= 0.3 is 5.97 Å². The topological polar surface area (TPSA) is 41.6 Å². The standard InChI is InChI=1S/C14H14N2O2S2/c1-8(17)18-9-6-12-13(19)15-11-5-3-2-4-10(11)14(20)16(12)7-9/h2-5,9,12H,6-7H2,1H3,(H,15,19)/t9-,12+/m1/s1. The van der Waals surface area contributed by atoms with Crippen LogP contribution in [0, 0.1) is 0 Å². The number of hydrogen-bond donors (Lipinski definition) is 1. The second-order valence-electron chi connectivity index (χ2n) is 4.98. The minimum Gasteiger partial charge on any atom is -0.461 e. The van der Waals surface area contributed by atoms with Gasteiger partial charge in [0.1, 0.15) is 16.1 Å².